The minimum Gasteiger partial charge on any atom is -0.340 e. The zero-order valence-electron chi connectivity index (χ0n) is 10.00. The van der Waals surface area contributed by atoms with Crippen LogP contribution in [0.1, 0.15) is 31.6 Å². The third-order valence-electron chi connectivity index (χ3n) is 2.73. The first-order valence-electron chi connectivity index (χ1n) is 5.56. The number of hydrogen-bond acceptors (Lipinski definition) is 2. The highest BCUT2D eigenvalue weighted by Crippen LogP contribution is 2.22. The third-order valence-corrected chi connectivity index (χ3v) is 4.41. The quantitative estimate of drug-likeness (QED) is 0.808. The van der Waals surface area contributed by atoms with E-state index in [1.807, 2.05) is 17.3 Å². The van der Waals surface area contributed by atoms with Gasteiger partial charge < -0.3 is 4.90 Å². The van der Waals surface area contributed by atoms with Crippen LogP contribution in [-0.2, 0) is 11.3 Å². The van der Waals surface area contributed by atoms with Crippen LogP contribution < -0.4 is 0 Å². The lowest BCUT2D eigenvalue weighted by Gasteiger charge is -2.21. The Kier molecular flexibility index (Phi) is 5.49. The van der Waals surface area contributed by atoms with Crippen LogP contribution in [0.4, 0.5) is 0 Å². The van der Waals surface area contributed by atoms with E-state index >= 15 is 0 Å². The smallest absolute Gasteiger partial charge is 0.225 e. The summed E-state index contributed by atoms with van der Waals surface area (Å²) in [6.45, 7) is 4.86. The summed E-state index contributed by atoms with van der Waals surface area (Å²) in [5.74, 6) is 0.433. The zero-order valence-corrected chi connectivity index (χ0v) is 12.4. The van der Waals surface area contributed by atoms with Gasteiger partial charge in [-0.15, -0.1) is 11.3 Å². The fourth-order valence-electron chi connectivity index (χ4n) is 1.70. The van der Waals surface area contributed by atoms with Crippen molar-refractivity contribution in [1.29, 1.82) is 0 Å². The van der Waals surface area contributed by atoms with Crippen molar-refractivity contribution in [3.05, 3.63) is 20.8 Å². The van der Waals surface area contributed by atoms with E-state index in [1.54, 1.807) is 11.3 Å². The minimum atomic E-state index is 0.174. The molecule has 2 nitrogen and oxygen atoms in total. The van der Waals surface area contributed by atoms with Gasteiger partial charge in [0, 0.05) is 27.7 Å². The molecule has 1 rings (SSSR count). The minimum absolute atomic E-state index is 0.174. The molecule has 0 aliphatic heterocycles. The fourth-order valence-corrected chi connectivity index (χ4v) is 3.20. The maximum Gasteiger partial charge on any atom is 0.225 e. The molecule has 90 valence electrons. The molecule has 0 aromatic carbocycles. The van der Waals surface area contributed by atoms with Gasteiger partial charge in [-0.25, -0.2) is 0 Å². The Morgan fingerprint density at radius 2 is 2.12 bits per heavy atom. The highest BCUT2D eigenvalue weighted by Gasteiger charge is 2.18. The van der Waals surface area contributed by atoms with Crippen LogP contribution >= 0.6 is 27.3 Å². The van der Waals surface area contributed by atoms with Crippen LogP contribution in [0.15, 0.2) is 15.9 Å². The van der Waals surface area contributed by atoms with E-state index in [1.165, 1.54) is 4.88 Å². The Bertz CT molecular complexity index is 347. The van der Waals surface area contributed by atoms with Crippen LogP contribution in [0, 0.1) is 5.92 Å². The summed E-state index contributed by atoms with van der Waals surface area (Å²) < 4.78 is 1.09. The van der Waals surface area contributed by atoms with Gasteiger partial charge in [-0.1, -0.05) is 13.8 Å². The van der Waals surface area contributed by atoms with Crippen LogP contribution in [-0.4, -0.2) is 17.9 Å². The number of halogens is 1. The van der Waals surface area contributed by atoms with Crippen molar-refractivity contribution in [2.24, 2.45) is 5.92 Å². The van der Waals surface area contributed by atoms with Gasteiger partial charge in [0.2, 0.25) is 5.91 Å². The number of rotatable bonds is 5. The van der Waals surface area contributed by atoms with Crippen molar-refractivity contribution < 1.29 is 4.79 Å². The van der Waals surface area contributed by atoms with Crippen molar-refractivity contribution in [2.75, 3.05) is 7.05 Å². The van der Waals surface area contributed by atoms with Gasteiger partial charge in [0.15, 0.2) is 0 Å². The number of carbonyl (C=O) groups is 1. The van der Waals surface area contributed by atoms with Gasteiger partial charge in [0.1, 0.15) is 0 Å². The zero-order chi connectivity index (χ0) is 12.1. The molecule has 16 heavy (non-hydrogen) atoms. The summed E-state index contributed by atoms with van der Waals surface area (Å²) in [4.78, 5) is 15.1. The van der Waals surface area contributed by atoms with E-state index in [0.29, 0.717) is 6.54 Å². The molecule has 1 aromatic rings. The number of thiophene rings is 1. The standard InChI is InChI=1S/C12H18BrNOS/c1-4-9(5-2)12(15)14(3)7-11-6-10(13)8-16-11/h6,8-9H,4-5,7H2,1-3H3. The molecule has 0 aliphatic carbocycles. The van der Waals surface area contributed by atoms with Gasteiger partial charge in [-0.05, 0) is 34.8 Å². The summed E-state index contributed by atoms with van der Waals surface area (Å²) in [6, 6.07) is 2.07. The largest absolute Gasteiger partial charge is 0.340 e. The molecular formula is C12H18BrNOS. The summed E-state index contributed by atoms with van der Waals surface area (Å²) in [5.41, 5.74) is 0. The second kappa shape index (κ2) is 6.40. The maximum absolute atomic E-state index is 12.0. The molecular weight excluding hydrogens is 286 g/mol. The Morgan fingerprint density at radius 1 is 1.50 bits per heavy atom. The highest BCUT2D eigenvalue weighted by atomic mass is 79.9. The Morgan fingerprint density at radius 3 is 2.56 bits per heavy atom. The predicted molar refractivity (Wildman–Crippen MR) is 72.6 cm³/mol. The molecule has 1 heterocycles. The van der Waals surface area contributed by atoms with E-state index in [-0.39, 0.29) is 11.8 Å². The molecule has 0 bridgehead atoms. The van der Waals surface area contributed by atoms with Crippen molar-refractivity contribution in [3.8, 4) is 0 Å². The van der Waals surface area contributed by atoms with Crippen LogP contribution in [0.3, 0.4) is 0 Å². The Hall–Kier alpha value is -0.350. The first kappa shape index (κ1) is 13.7. The van der Waals surface area contributed by atoms with Gasteiger partial charge in [-0.3, -0.25) is 4.79 Å². The molecule has 0 saturated heterocycles. The summed E-state index contributed by atoms with van der Waals surface area (Å²) >= 11 is 5.10. The van der Waals surface area contributed by atoms with E-state index < -0.39 is 0 Å². The molecule has 0 unspecified atom stereocenters. The molecule has 1 aromatic heterocycles. The van der Waals surface area contributed by atoms with Crippen molar-refractivity contribution in [1.82, 2.24) is 4.90 Å². The molecule has 0 radical (unpaired) electrons. The summed E-state index contributed by atoms with van der Waals surface area (Å²) in [5, 5.41) is 2.05. The van der Waals surface area contributed by atoms with Gasteiger partial charge in [0.25, 0.3) is 0 Å². The number of hydrogen-bond donors (Lipinski definition) is 0. The first-order chi connectivity index (χ1) is 7.58. The predicted octanol–water partition coefficient (Wildman–Crippen LogP) is 3.91. The molecule has 1 amide bonds. The van der Waals surface area contributed by atoms with Gasteiger partial charge >= 0.3 is 0 Å². The number of carbonyl (C=O) groups excluding carboxylic acids is 1. The average Bonchev–Trinajstić information content (AvgIpc) is 2.65. The Labute approximate surface area is 110 Å². The summed E-state index contributed by atoms with van der Waals surface area (Å²) in [7, 11) is 1.88. The van der Waals surface area contributed by atoms with E-state index in [0.717, 1.165) is 17.3 Å². The molecule has 4 heteroatoms. The Balaban J connectivity index is 2.57. The second-order valence-corrected chi connectivity index (χ2v) is 5.85. The second-order valence-electron chi connectivity index (χ2n) is 3.94. The highest BCUT2D eigenvalue weighted by molar-refractivity contribution is 9.10. The van der Waals surface area contributed by atoms with E-state index in [2.05, 4.69) is 35.8 Å². The third kappa shape index (κ3) is 3.59. The molecule has 0 fully saturated rings. The number of nitrogens with zero attached hydrogens (tertiary/aromatic N) is 1. The van der Waals surface area contributed by atoms with E-state index in [4.69, 9.17) is 0 Å². The lowest BCUT2D eigenvalue weighted by Crippen LogP contribution is -2.31. The summed E-state index contributed by atoms with van der Waals surface area (Å²) in [6.07, 6.45) is 1.85. The lowest BCUT2D eigenvalue weighted by molar-refractivity contribution is -0.134. The molecule has 0 spiro atoms. The molecule has 0 aliphatic rings. The van der Waals surface area contributed by atoms with Crippen LogP contribution in [0.25, 0.3) is 0 Å². The first-order valence-corrected chi connectivity index (χ1v) is 7.23. The molecule has 0 saturated carbocycles. The van der Waals surface area contributed by atoms with Crippen molar-refractivity contribution in [3.63, 3.8) is 0 Å². The normalized spacial score (nSPS) is 10.8. The molecule has 0 atom stereocenters. The lowest BCUT2D eigenvalue weighted by atomic mass is 10.0. The van der Waals surface area contributed by atoms with E-state index in [9.17, 15) is 4.79 Å². The fraction of sp³-hybridized carbons (Fsp3) is 0.583. The maximum atomic E-state index is 12.0. The van der Waals surface area contributed by atoms with Crippen molar-refractivity contribution in [2.45, 2.75) is 33.2 Å². The van der Waals surface area contributed by atoms with Gasteiger partial charge in [-0.2, -0.15) is 0 Å². The van der Waals surface area contributed by atoms with Crippen LogP contribution in [0.2, 0.25) is 0 Å². The number of amides is 1. The monoisotopic (exact) mass is 303 g/mol. The van der Waals surface area contributed by atoms with Crippen LogP contribution in [0.5, 0.6) is 0 Å². The topological polar surface area (TPSA) is 20.3 Å². The SMILES string of the molecule is CCC(CC)C(=O)N(C)Cc1cc(Br)cs1. The molecule has 0 N–H and O–H groups in total. The van der Waals surface area contributed by atoms with Crippen molar-refractivity contribution >= 4 is 33.2 Å². The average molecular weight is 304 g/mol. The van der Waals surface area contributed by atoms with Gasteiger partial charge in [0.05, 0.1) is 6.54 Å².